The number of hydrogen-bond donors (Lipinski definition) is 1. The zero-order valence-electron chi connectivity index (χ0n) is 12.1. The normalized spacial score (nSPS) is 10.2. The number of amides is 1. The van der Waals surface area contributed by atoms with Crippen molar-refractivity contribution in [1.29, 1.82) is 0 Å². The molecule has 0 aliphatic rings. The second-order valence-corrected chi connectivity index (χ2v) is 4.79. The van der Waals surface area contributed by atoms with Crippen molar-refractivity contribution in [3.8, 4) is 5.75 Å². The highest BCUT2D eigenvalue weighted by molar-refractivity contribution is 5.95. The standard InChI is InChI=1S/C17H19NO2/c1-12-8-9-13(2)16(10-12)20-11-14-6-4-5-7-15(14)17(19)18-3/h4-10H,11H2,1-3H3,(H,18,19). The summed E-state index contributed by atoms with van der Waals surface area (Å²) in [5, 5.41) is 2.65. The largest absolute Gasteiger partial charge is 0.489 e. The van der Waals surface area contributed by atoms with Crippen LogP contribution < -0.4 is 10.1 Å². The lowest BCUT2D eigenvalue weighted by Gasteiger charge is -2.12. The highest BCUT2D eigenvalue weighted by Gasteiger charge is 2.10. The molecule has 3 nitrogen and oxygen atoms in total. The van der Waals surface area contributed by atoms with E-state index in [2.05, 4.69) is 11.4 Å². The molecule has 0 fully saturated rings. The maximum atomic E-state index is 11.8. The van der Waals surface area contributed by atoms with Crippen LogP contribution in [0.15, 0.2) is 42.5 Å². The van der Waals surface area contributed by atoms with E-state index in [-0.39, 0.29) is 5.91 Å². The lowest BCUT2D eigenvalue weighted by atomic mass is 10.1. The molecular weight excluding hydrogens is 250 g/mol. The SMILES string of the molecule is CNC(=O)c1ccccc1COc1cc(C)ccc1C. The average molecular weight is 269 g/mol. The average Bonchev–Trinajstić information content (AvgIpc) is 2.47. The van der Waals surface area contributed by atoms with E-state index < -0.39 is 0 Å². The van der Waals surface area contributed by atoms with Gasteiger partial charge in [-0.05, 0) is 37.1 Å². The summed E-state index contributed by atoms with van der Waals surface area (Å²) in [5.74, 6) is 0.766. The molecule has 1 amide bonds. The number of rotatable bonds is 4. The Morgan fingerprint density at radius 3 is 2.65 bits per heavy atom. The fourth-order valence-corrected chi connectivity index (χ4v) is 2.02. The van der Waals surface area contributed by atoms with Crippen LogP contribution in [0.5, 0.6) is 5.75 Å². The van der Waals surface area contributed by atoms with Gasteiger partial charge < -0.3 is 10.1 Å². The van der Waals surface area contributed by atoms with Crippen LogP contribution in [0.2, 0.25) is 0 Å². The maximum Gasteiger partial charge on any atom is 0.251 e. The van der Waals surface area contributed by atoms with Crippen molar-refractivity contribution < 1.29 is 9.53 Å². The molecule has 0 aliphatic heterocycles. The summed E-state index contributed by atoms with van der Waals surface area (Å²) in [6, 6.07) is 13.6. The van der Waals surface area contributed by atoms with Crippen molar-refractivity contribution >= 4 is 5.91 Å². The van der Waals surface area contributed by atoms with Gasteiger partial charge in [0.25, 0.3) is 5.91 Å². The topological polar surface area (TPSA) is 38.3 Å². The number of benzene rings is 2. The first-order chi connectivity index (χ1) is 9.61. The molecule has 2 aromatic rings. The molecule has 0 unspecified atom stereocenters. The molecule has 104 valence electrons. The molecule has 0 saturated heterocycles. The monoisotopic (exact) mass is 269 g/mol. The van der Waals surface area contributed by atoms with Gasteiger partial charge >= 0.3 is 0 Å². The summed E-state index contributed by atoms with van der Waals surface area (Å²) in [4.78, 5) is 11.8. The van der Waals surface area contributed by atoms with Crippen LogP contribution in [0.4, 0.5) is 0 Å². The minimum Gasteiger partial charge on any atom is -0.489 e. The van der Waals surface area contributed by atoms with Gasteiger partial charge in [-0.2, -0.15) is 0 Å². The molecule has 3 heteroatoms. The Morgan fingerprint density at radius 1 is 1.15 bits per heavy atom. The third kappa shape index (κ3) is 3.18. The van der Waals surface area contributed by atoms with Crippen molar-refractivity contribution in [2.75, 3.05) is 7.05 Å². The zero-order valence-corrected chi connectivity index (χ0v) is 12.1. The first-order valence-electron chi connectivity index (χ1n) is 6.62. The summed E-state index contributed by atoms with van der Waals surface area (Å²) in [6.45, 7) is 4.43. The van der Waals surface area contributed by atoms with E-state index >= 15 is 0 Å². The van der Waals surface area contributed by atoms with Gasteiger partial charge in [0.15, 0.2) is 0 Å². The van der Waals surface area contributed by atoms with Crippen molar-refractivity contribution in [2.24, 2.45) is 0 Å². The van der Waals surface area contributed by atoms with Gasteiger partial charge in [-0.15, -0.1) is 0 Å². The van der Waals surface area contributed by atoms with Crippen LogP contribution in [-0.2, 0) is 6.61 Å². The number of nitrogens with one attached hydrogen (secondary N) is 1. The fraction of sp³-hybridized carbons (Fsp3) is 0.235. The van der Waals surface area contributed by atoms with Crippen LogP contribution in [0.3, 0.4) is 0 Å². The highest BCUT2D eigenvalue weighted by atomic mass is 16.5. The molecule has 0 spiro atoms. The van der Waals surface area contributed by atoms with Crippen LogP contribution in [-0.4, -0.2) is 13.0 Å². The van der Waals surface area contributed by atoms with Crippen molar-refractivity contribution in [1.82, 2.24) is 5.32 Å². The van der Waals surface area contributed by atoms with Gasteiger partial charge in [-0.3, -0.25) is 4.79 Å². The lowest BCUT2D eigenvalue weighted by Crippen LogP contribution is -2.20. The van der Waals surface area contributed by atoms with Crippen molar-refractivity contribution in [3.63, 3.8) is 0 Å². The molecule has 0 heterocycles. The first-order valence-corrected chi connectivity index (χ1v) is 6.62. The second kappa shape index (κ2) is 6.24. The van der Waals surface area contributed by atoms with Crippen LogP contribution in [0, 0.1) is 13.8 Å². The summed E-state index contributed by atoms with van der Waals surface area (Å²) in [6.07, 6.45) is 0. The second-order valence-electron chi connectivity index (χ2n) is 4.79. The van der Waals surface area contributed by atoms with Gasteiger partial charge in [0, 0.05) is 18.2 Å². The highest BCUT2D eigenvalue weighted by Crippen LogP contribution is 2.21. The summed E-state index contributed by atoms with van der Waals surface area (Å²) in [5.41, 5.74) is 3.78. The molecule has 0 atom stereocenters. The summed E-state index contributed by atoms with van der Waals surface area (Å²) >= 11 is 0. The third-order valence-electron chi connectivity index (χ3n) is 3.22. The quantitative estimate of drug-likeness (QED) is 0.925. The Balaban J connectivity index is 2.19. The van der Waals surface area contributed by atoms with Crippen molar-refractivity contribution in [2.45, 2.75) is 20.5 Å². The molecule has 0 radical (unpaired) electrons. The first kappa shape index (κ1) is 14.1. The number of carbonyl (C=O) groups excluding carboxylic acids is 1. The molecule has 0 saturated carbocycles. The van der Waals surface area contributed by atoms with Gasteiger partial charge in [-0.25, -0.2) is 0 Å². The predicted molar refractivity (Wildman–Crippen MR) is 80.1 cm³/mol. The number of hydrogen-bond acceptors (Lipinski definition) is 2. The molecular formula is C17H19NO2. The maximum absolute atomic E-state index is 11.8. The third-order valence-corrected chi connectivity index (χ3v) is 3.22. The molecule has 0 aromatic heterocycles. The fourth-order valence-electron chi connectivity index (χ4n) is 2.02. The van der Waals surface area contributed by atoms with E-state index in [4.69, 9.17) is 4.74 Å². The Hall–Kier alpha value is -2.29. The Bertz CT molecular complexity index is 620. The molecule has 1 N–H and O–H groups in total. The number of carbonyl (C=O) groups is 1. The van der Waals surface area contributed by atoms with Crippen LogP contribution in [0.1, 0.15) is 27.0 Å². The smallest absolute Gasteiger partial charge is 0.251 e. The van der Waals surface area contributed by atoms with Crippen molar-refractivity contribution in [3.05, 3.63) is 64.7 Å². The van der Waals surface area contributed by atoms with E-state index in [9.17, 15) is 4.79 Å². The van der Waals surface area contributed by atoms with Crippen LogP contribution in [0.25, 0.3) is 0 Å². The van der Waals surface area contributed by atoms with E-state index in [0.29, 0.717) is 12.2 Å². The van der Waals surface area contributed by atoms with E-state index in [0.717, 1.165) is 22.4 Å². The lowest BCUT2D eigenvalue weighted by molar-refractivity contribution is 0.0960. The predicted octanol–water partition coefficient (Wildman–Crippen LogP) is 3.24. The van der Waals surface area contributed by atoms with E-state index in [1.165, 1.54) is 0 Å². The molecule has 0 bridgehead atoms. The minimum atomic E-state index is -0.0924. The molecule has 2 aromatic carbocycles. The molecule has 0 aliphatic carbocycles. The minimum absolute atomic E-state index is 0.0924. The summed E-state index contributed by atoms with van der Waals surface area (Å²) < 4.78 is 5.86. The summed E-state index contributed by atoms with van der Waals surface area (Å²) in [7, 11) is 1.63. The molecule has 20 heavy (non-hydrogen) atoms. The van der Waals surface area contributed by atoms with Gasteiger partial charge in [0.05, 0.1) is 0 Å². The van der Waals surface area contributed by atoms with Gasteiger partial charge in [-0.1, -0.05) is 30.3 Å². The Morgan fingerprint density at radius 2 is 1.90 bits per heavy atom. The molecule has 2 rings (SSSR count). The number of aryl methyl sites for hydroxylation is 2. The van der Waals surface area contributed by atoms with Crippen LogP contribution >= 0.6 is 0 Å². The van der Waals surface area contributed by atoms with Gasteiger partial charge in [0.2, 0.25) is 0 Å². The zero-order chi connectivity index (χ0) is 14.5. The number of ether oxygens (including phenoxy) is 1. The Kier molecular flexibility index (Phi) is 4.41. The van der Waals surface area contributed by atoms with E-state index in [1.807, 2.05) is 44.2 Å². The van der Waals surface area contributed by atoms with E-state index in [1.54, 1.807) is 13.1 Å². The van der Waals surface area contributed by atoms with Gasteiger partial charge in [0.1, 0.15) is 12.4 Å². The Labute approximate surface area is 119 Å².